The molecule has 0 saturated carbocycles. The van der Waals surface area contributed by atoms with E-state index < -0.39 is 11.1 Å². The third-order valence-corrected chi connectivity index (χ3v) is 2.15. The molecular formula is C6H5ClO3S. The number of hydrogen-bond acceptors (Lipinski definition) is 2. The van der Waals surface area contributed by atoms with E-state index in [1.165, 1.54) is 18.2 Å². The van der Waals surface area contributed by atoms with Crippen LogP contribution in [0, 0.1) is 0 Å². The number of benzene rings is 1. The molecule has 0 amide bonds. The van der Waals surface area contributed by atoms with Crippen LogP contribution in [0.15, 0.2) is 23.1 Å². The molecule has 1 aromatic carbocycles. The Labute approximate surface area is 70.9 Å². The number of rotatable bonds is 1. The molecule has 0 saturated heterocycles. The van der Waals surface area contributed by atoms with E-state index in [0.717, 1.165) is 0 Å². The molecule has 0 fully saturated rings. The first-order chi connectivity index (χ1) is 5.13. The van der Waals surface area contributed by atoms with Gasteiger partial charge in [0.05, 0.1) is 5.02 Å². The minimum absolute atomic E-state index is 0.0718. The van der Waals surface area contributed by atoms with E-state index in [1.54, 1.807) is 0 Å². The van der Waals surface area contributed by atoms with Gasteiger partial charge in [0.15, 0.2) is 16.8 Å². The van der Waals surface area contributed by atoms with Crippen LogP contribution in [0.4, 0.5) is 0 Å². The van der Waals surface area contributed by atoms with Gasteiger partial charge in [-0.15, -0.1) is 0 Å². The normalized spacial score (nSPS) is 12.9. The Morgan fingerprint density at radius 2 is 2.09 bits per heavy atom. The summed E-state index contributed by atoms with van der Waals surface area (Å²) < 4.78 is 19.0. The molecule has 11 heavy (non-hydrogen) atoms. The molecule has 0 aliphatic rings. The van der Waals surface area contributed by atoms with Gasteiger partial charge in [0.1, 0.15) is 4.90 Å². The molecular weight excluding hydrogens is 188 g/mol. The molecule has 0 heterocycles. The summed E-state index contributed by atoms with van der Waals surface area (Å²) in [6.45, 7) is 0. The van der Waals surface area contributed by atoms with Crippen molar-refractivity contribution < 1.29 is 13.9 Å². The molecule has 1 rings (SSSR count). The first-order valence-corrected chi connectivity index (χ1v) is 4.19. The molecule has 0 aliphatic heterocycles. The zero-order valence-corrected chi connectivity index (χ0v) is 6.89. The van der Waals surface area contributed by atoms with Gasteiger partial charge in [-0.05, 0) is 12.1 Å². The molecule has 5 heteroatoms. The quantitative estimate of drug-likeness (QED) is 0.665. The van der Waals surface area contributed by atoms with Gasteiger partial charge in [-0.3, -0.25) is 0 Å². The van der Waals surface area contributed by atoms with Crippen LogP contribution in [0.2, 0.25) is 5.02 Å². The van der Waals surface area contributed by atoms with Crippen molar-refractivity contribution in [2.24, 2.45) is 0 Å². The van der Waals surface area contributed by atoms with E-state index in [0.29, 0.717) is 0 Å². The molecule has 0 aromatic heterocycles. The third-order valence-electron chi connectivity index (χ3n) is 1.14. The molecule has 0 spiro atoms. The van der Waals surface area contributed by atoms with Crippen LogP contribution in [0.3, 0.4) is 0 Å². The fourth-order valence-corrected chi connectivity index (χ4v) is 1.34. The van der Waals surface area contributed by atoms with Crippen molar-refractivity contribution >= 4 is 22.7 Å². The predicted octanol–water partition coefficient (Wildman–Crippen LogP) is 1.63. The summed E-state index contributed by atoms with van der Waals surface area (Å²) in [7, 11) is 0. The summed E-state index contributed by atoms with van der Waals surface area (Å²) in [5.41, 5.74) is 0. The maximum absolute atomic E-state index is 10.5. The molecule has 3 nitrogen and oxygen atoms in total. The Hall–Kier alpha value is -0.580. The molecule has 0 aliphatic carbocycles. The molecule has 2 N–H and O–H groups in total. The number of phenolic OH excluding ortho intramolecular Hbond substituents is 1. The van der Waals surface area contributed by atoms with Crippen LogP contribution in [0.1, 0.15) is 0 Å². The van der Waals surface area contributed by atoms with Crippen molar-refractivity contribution in [3.63, 3.8) is 0 Å². The number of phenols is 1. The van der Waals surface area contributed by atoms with E-state index in [4.69, 9.17) is 21.3 Å². The van der Waals surface area contributed by atoms with Crippen molar-refractivity contribution in [2.75, 3.05) is 0 Å². The van der Waals surface area contributed by atoms with Crippen molar-refractivity contribution in [3.8, 4) is 5.75 Å². The van der Waals surface area contributed by atoms with Crippen LogP contribution in [0.5, 0.6) is 5.75 Å². The Bertz CT molecular complexity index is 300. The van der Waals surface area contributed by atoms with Crippen molar-refractivity contribution in [2.45, 2.75) is 4.90 Å². The van der Waals surface area contributed by atoms with Crippen molar-refractivity contribution in [1.82, 2.24) is 0 Å². The molecule has 1 aromatic rings. The predicted molar refractivity (Wildman–Crippen MR) is 42.2 cm³/mol. The highest BCUT2D eigenvalue weighted by atomic mass is 35.5. The first kappa shape index (κ1) is 8.52. The number of para-hydroxylation sites is 1. The largest absolute Gasteiger partial charge is 0.505 e. The van der Waals surface area contributed by atoms with E-state index >= 15 is 0 Å². The Kier molecular flexibility index (Phi) is 2.49. The van der Waals surface area contributed by atoms with Crippen molar-refractivity contribution in [3.05, 3.63) is 23.2 Å². The summed E-state index contributed by atoms with van der Waals surface area (Å²) in [5.74, 6) is -0.338. The van der Waals surface area contributed by atoms with Gasteiger partial charge in [0.2, 0.25) is 0 Å². The van der Waals surface area contributed by atoms with Gasteiger partial charge >= 0.3 is 0 Å². The fraction of sp³-hybridized carbons (Fsp3) is 0. The van der Waals surface area contributed by atoms with Gasteiger partial charge < -0.3 is 9.66 Å². The number of halogens is 1. The first-order valence-electron chi connectivity index (χ1n) is 2.71. The molecule has 1 atom stereocenters. The van der Waals surface area contributed by atoms with E-state index in [-0.39, 0.29) is 15.7 Å². The van der Waals surface area contributed by atoms with Crippen LogP contribution in [-0.2, 0) is 11.1 Å². The Morgan fingerprint density at radius 3 is 2.55 bits per heavy atom. The lowest BCUT2D eigenvalue weighted by Crippen LogP contribution is -1.88. The highest BCUT2D eigenvalue weighted by Crippen LogP contribution is 2.28. The van der Waals surface area contributed by atoms with Gasteiger partial charge in [-0.25, -0.2) is 4.21 Å². The average Bonchev–Trinajstić information content (AvgIpc) is 1.94. The topological polar surface area (TPSA) is 57.5 Å². The zero-order valence-electron chi connectivity index (χ0n) is 5.32. The average molecular weight is 193 g/mol. The summed E-state index contributed by atoms with van der Waals surface area (Å²) in [6.07, 6.45) is 0. The number of aromatic hydroxyl groups is 1. The van der Waals surface area contributed by atoms with Gasteiger partial charge in [0.25, 0.3) is 0 Å². The lowest BCUT2D eigenvalue weighted by atomic mass is 10.3. The second kappa shape index (κ2) is 3.21. The maximum Gasteiger partial charge on any atom is 0.190 e. The molecule has 60 valence electrons. The highest BCUT2D eigenvalue weighted by Gasteiger charge is 2.08. The fourth-order valence-electron chi connectivity index (χ4n) is 0.636. The minimum Gasteiger partial charge on any atom is -0.505 e. The second-order valence-electron chi connectivity index (χ2n) is 1.84. The summed E-state index contributed by atoms with van der Waals surface area (Å²) in [6, 6.07) is 4.26. The van der Waals surface area contributed by atoms with E-state index in [1.807, 2.05) is 0 Å². The summed E-state index contributed by atoms with van der Waals surface area (Å²) in [5, 5.41) is 9.16. The number of hydrogen-bond donors (Lipinski definition) is 2. The Balaban J connectivity index is 3.27. The van der Waals surface area contributed by atoms with Crippen LogP contribution >= 0.6 is 11.6 Å². The summed E-state index contributed by atoms with van der Waals surface area (Å²) >= 11 is 3.28. The third kappa shape index (κ3) is 1.71. The molecule has 0 radical (unpaired) electrons. The maximum atomic E-state index is 10.5. The van der Waals surface area contributed by atoms with Crippen molar-refractivity contribution in [1.29, 1.82) is 0 Å². The second-order valence-corrected chi connectivity index (χ2v) is 3.18. The smallest absolute Gasteiger partial charge is 0.190 e. The zero-order chi connectivity index (χ0) is 8.43. The molecule has 1 unspecified atom stereocenters. The monoisotopic (exact) mass is 192 g/mol. The summed E-state index contributed by atoms with van der Waals surface area (Å²) in [4.78, 5) is -0.0718. The van der Waals surface area contributed by atoms with Gasteiger partial charge in [-0.1, -0.05) is 17.7 Å². The standard InChI is InChI=1S/C6H5ClO3S/c7-4-2-1-3-5(6(4)8)11(9)10/h1-3,8H,(H,9,10). The van der Waals surface area contributed by atoms with E-state index in [9.17, 15) is 4.21 Å². The SMILES string of the molecule is O=S(O)c1cccc(Cl)c1O. The van der Waals surface area contributed by atoms with Crippen LogP contribution in [-0.4, -0.2) is 13.9 Å². The van der Waals surface area contributed by atoms with Gasteiger partial charge in [-0.2, -0.15) is 0 Å². The minimum atomic E-state index is -2.19. The lowest BCUT2D eigenvalue weighted by Gasteiger charge is -1.99. The van der Waals surface area contributed by atoms with Crippen LogP contribution in [0.25, 0.3) is 0 Å². The van der Waals surface area contributed by atoms with E-state index in [2.05, 4.69) is 0 Å². The Morgan fingerprint density at radius 1 is 1.45 bits per heavy atom. The van der Waals surface area contributed by atoms with Gasteiger partial charge in [0, 0.05) is 0 Å². The highest BCUT2D eigenvalue weighted by molar-refractivity contribution is 7.79. The molecule has 0 bridgehead atoms. The van der Waals surface area contributed by atoms with Crippen LogP contribution < -0.4 is 0 Å². The lowest BCUT2D eigenvalue weighted by molar-refractivity contribution is 0.457.